The molecule has 23 heavy (non-hydrogen) atoms. The lowest BCUT2D eigenvalue weighted by Crippen LogP contribution is -2.29. The first-order valence-corrected chi connectivity index (χ1v) is 7.94. The smallest absolute Gasteiger partial charge is 0.410 e. The number of benzene rings is 2. The van der Waals surface area contributed by atoms with Gasteiger partial charge in [0.05, 0.1) is 0 Å². The van der Waals surface area contributed by atoms with Crippen molar-refractivity contribution in [1.82, 2.24) is 4.90 Å². The Morgan fingerprint density at radius 3 is 2.70 bits per heavy atom. The zero-order chi connectivity index (χ0) is 16.1. The first-order chi connectivity index (χ1) is 11.2. The number of likely N-dealkylation sites (tertiary alicyclic amines) is 1. The number of carbonyl (C=O) groups is 1. The van der Waals surface area contributed by atoms with Gasteiger partial charge in [-0.25, -0.2) is 4.79 Å². The first-order valence-electron chi connectivity index (χ1n) is 7.94. The highest BCUT2D eigenvalue weighted by molar-refractivity contribution is 5.68. The number of nitrogens with zero attached hydrogens (tertiary/aromatic N) is 1. The molecule has 2 aromatic carbocycles. The van der Waals surface area contributed by atoms with E-state index >= 15 is 0 Å². The zero-order valence-electron chi connectivity index (χ0n) is 13.0. The van der Waals surface area contributed by atoms with Gasteiger partial charge >= 0.3 is 6.09 Å². The van der Waals surface area contributed by atoms with E-state index in [-0.39, 0.29) is 6.09 Å². The molecule has 0 bridgehead atoms. The number of amides is 1. The molecule has 4 heteroatoms. The van der Waals surface area contributed by atoms with Crippen molar-refractivity contribution in [3.63, 3.8) is 0 Å². The summed E-state index contributed by atoms with van der Waals surface area (Å²) < 4.78 is 5.38. The Bertz CT molecular complexity index is 657. The number of hydrogen-bond acceptors (Lipinski definition) is 3. The Kier molecular flexibility index (Phi) is 4.81. The highest BCUT2D eigenvalue weighted by Gasteiger charge is 2.27. The van der Waals surface area contributed by atoms with Crippen LogP contribution >= 0.6 is 0 Å². The summed E-state index contributed by atoms with van der Waals surface area (Å²) in [5.74, 6) is 0.709. The minimum atomic E-state index is -0.243. The lowest BCUT2D eigenvalue weighted by Gasteiger charge is -2.16. The second-order valence-corrected chi connectivity index (χ2v) is 6.01. The molecule has 1 aliphatic heterocycles. The number of carbonyl (C=O) groups excluding carboxylic acids is 1. The van der Waals surface area contributed by atoms with Gasteiger partial charge in [0.15, 0.2) is 0 Å². The van der Waals surface area contributed by atoms with Crippen molar-refractivity contribution in [3.8, 4) is 5.75 Å². The van der Waals surface area contributed by atoms with Crippen LogP contribution in [0.3, 0.4) is 0 Å². The molecule has 0 saturated carbocycles. The first kappa shape index (κ1) is 15.4. The van der Waals surface area contributed by atoms with Gasteiger partial charge in [-0.15, -0.1) is 0 Å². The normalized spacial score (nSPS) is 17.2. The maximum Gasteiger partial charge on any atom is 0.410 e. The van der Waals surface area contributed by atoms with Crippen LogP contribution in [-0.2, 0) is 17.8 Å². The molecule has 1 saturated heterocycles. The van der Waals surface area contributed by atoms with Crippen LogP contribution in [0.5, 0.6) is 5.75 Å². The highest BCUT2D eigenvalue weighted by Crippen LogP contribution is 2.23. The van der Waals surface area contributed by atoms with Gasteiger partial charge in [0.2, 0.25) is 0 Å². The number of phenols is 1. The fraction of sp³-hybridized carbons (Fsp3) is 0.316. The van der Waals surface area contributed by atoms with Gasteiger partial charge in [0.1, 0.15) is 12.4 Å². The Labute approximate surface area is 136 Å². The monoisotopic (exact) mass is 311 g/mol. The van der Waals surface area contributed by atoms with E-state index in [1.807, 2.05) is 42.5 Å². The maximum absolute atomic E-state index is 12.1. The summed E-state index contributed by atoms with van der Waals surface area (Å²) in [5.41, 5.74) is 2.10. The van der Waals surface area contributed by atoms with Gasteiger partial charge in [-0.1, -0.05) is 42.5 Å². The Morgan fingerprint density at radius 2 is 1.91 bits per heavy atom. The van der Waals surface area contributed by atoms with E-state index in [2.05, 4.69) is 0 Å². The minimum Gasteiger partial charge on any atom is -0.508 e. The lowest BCUT2D eigenvalue weighted by molar-refractivity contribution is 0.103. The molecule has 3 rings (SSSR count). The average Bonchev–Trinajstić information content (AvgIpc) is 3.02. The van der Waals surface area contributed by atoms with E-state index in [0.29, 0.717) is 24.8 Å². The topological polar surface area (TPSA) is 49.8 Å². The van der Waals surface area contributed by atoms with Crippen molar-refractivity contribution in [3.05, 3.63) is 65.7 Å². The quantitative estimate of drug-likeness (QED) is 0.938. The third kappa shape index (κ3) is 4.25. The maximum atomic E-state index is 12.1. The van der Waals surface area contributed by atoms with E-state index in [1.54, 1.807) is 17.0 Å². The molecule has 1 fully saturated rings. The van der Waals surface area contributed by atoms with E-state index in [1.165, 1.54) is 0 Å². The average molecular weight is 311 g/mol. The molecule has 0 spiro atoms. The summed E-state index contributed by atoms with van der Waals surface area (Å²) in [6.07, 6.45) is 1.60. The number of phenolic OH excluding ortho intramolecular Hbond substituents is 1. The third-order valence-corrected chi connectivity index (χ3v) is 4.18. The van der Waals surface area contributed by atoms with Gasteiger partial charge in [-0.3, -0.25) is 0 Å². The number of ether oxygens (including phenoxy) is 1. The summed E-state index contributed by atoms with van der Waals surface area (Å²) in [7, 11) is 0. The van der Waals surface area contributed by atoms with Crippen LogP contribution in [0.4, 0.5) is 4.79 Å². The Hall–Kier alpha value is -2.49. The molecule has 0 aromatic heterocycles. The second kappa shape index (κ2) is 7.18. The van der Waals surface area contributed by atoms with Crippen molar-refractivity contribution < 1.29 is 14.6 Å². The largest absolute Gasteiger partial charge is 0.508 e. The van der Waals surface area contributed by atoms with E-state index in [4.69, 9.17) is 4.74 Å². The van der Waals surface area contributed by atoms with Gasteiger partial charge in [0.25, 0.3) is 0 Å². The van der Waals surface area contributed by atoms with Crippen molar-refractivity contribution in [2.45, 2.75) is 19.4 Å². The van der Waals surface area contributed by atoms with Crippen molar-refractivity contribution in [1.29, 1.82) is 0 Å². The molecule has 1 unspecified atom stereocenters. The predicted molar refractivity (Wildman–Crippen MR) is 88.1 cm³/mol. The van der Waals surface area contributed by atoms with Crippen molar-refractivity contribution >= 4 is 6.09 Å². The van der Waals surface area contributed by atoms with Crippen LogP contribution in [0.15, 0.2) is 54.6 Å². The summed E-state index contributed by atoms with van der Waals surface area (Å²) >= 11 is 0. The predicted octanol–water partition coefficient (Wildman–Crippen LogP) is 3.59. The molecule has 0 radical (unpaired) electrons. The van der Waals surface area contributed by atoms with E-state index in [9.17, 15) is 9.90 Å². The molecule has 2 aromatic rings. The Morgan fingerprint density at radius 1 is 1.13 bits per heavy atom. The molecular weight excluding hydrogens is 290 g/mol. The van der Waals surface area contributed by atoms with Crippen LogP contribution in [0.25, 0.3) is 0 Å². The number of aromatic hydroxyl groups is 1. The summed E-state index contributed by atoms with van der Waals surface area (Å²) in [4.78, 5) is 13.9. The minimum absolute atomic E-state index is 0.243. The molecule has 1 aliphatic rings. The zero-order valence-corrected chi connectivity index (χ0v) is 13.0. The highest BCUT2D eigenvalue weighted by atomic mass is 16.6. The van der Waals surface area contributed by atoms with Crippen LogP contribution < -0.4 is 0 Å². The van der Waals surface area contributed by atoms with Gasteiger partial charge in [-0.2, -0.15) is 0 Å². The summed E-state index contributed by atoms with van der Waals surface area (Å²) in [6, 6.07) is 17.0. The molecule has 1 atom stereocenters. The molecule has 1 N–H and O–H groups in total. The second-order valence-electron chi connectivity index (χ2n) is 6.01. The fourth-order valence-electron chi connectivity index (χ4n) is 2.99. The molecular formula is C19H21NO3. The molecule has 120 valence electrons. The van der Waals surface area contributed by atoms with Crippen LogP contribution in [0.1, 0.15) is 17.5 Å². The standard InChI is InChI=1S/C19H21NO3/c21-18-8-4-7-16(12-18)11-17-9-10-20(13-17)19(22)23-14-15-5-2-1-3-6-15/h1-8,12,17,21H,9-11,13-14H2. The van der Waals surface area contributed by atoms with Gasteiger partial charge in [0, 0.05) is 13.1 Å². The molecule has 0 aliphatic carbocycles. The molecule has 1 heterocycles. The van der Waals surface area contributed by atoms with Gasteiger partial charge < -0.3 is 14.7 Å². The fourth-order valence-corrected chi connectivity index (χ4v) is 2.99. The van der Waals surface area contributed by atoms with Crippen LogP contribution in [0, 0.1) is 5.92 Å². The SMILES string of the molecule is O=C(OCc1ccccc1)N1CCC(Cc2cccc(O)c2)C1. The van der Waals surface area contributed by atoms with E-state index < -0.39 is 0 Å². The molecule has 1 amide bonds. The Balaban J connectivity index is 1.48. The lowest BCUT2D eigenvalue weighted by atomic mass is 9.99. The number of hydrogen-bond donors (Lipinski definition) is 1. The summed E-state index contributed by atoms with van der Waals surface area (Å²) in [6.45, 7) is 1.76. The van der Waals surface area contributed by atoms with Gasteiger partial charge in [-0.05, 0) is 42.0 Å². The van der Waals surface area contributed by atoms with Crippen molar-refractivity contribution in [2.75, 3.05) is 13.1 Å². The van der Waals surface area contributed by atoms with Crippen LogP contribution in [-0.4, -0.2) is 29.2 Å². The van der Waals surface area contributed by atoms with Crippen molar-refractivity contribution in [2.24, 2.45) is 5.92 Å². The number of rotatable bonds is 4. The summed E-state index contributed by atoms with van der Waals surface area (Å²) in [5, 5.41) is 9.52. The third-order valence-electron chi connectivity index (χ3n) is 4.18. The molecule has 4 nitrogen and oxygen atoms in total. The van der Waals surface area contributed by atoms with Crippen LogP contribution in [0.2, 0.25) is 0 Å². The van der Waals surface area contributed by atoms with E-state index in [0.717, 1.165) is 30.5 Å².